The number of alkyl halides is 3. The van der Waals surface area contributed by atoms with Crippen molar-refractivity contribution in [2.24, 2.45) is 0 Å². The van der Waals surface area contributed by atoms with Crippen molar-refractivity contribution in [1.82, 2.24) is 44.3 Å². The number of rotatable bonds is 7. The molecule has 6 aromatic rings. The van der Waals surface area contributed by atoms with Gasteiger partial charge in [-0.05, 0) is 24.3 Å². The lowest BCUT2D eigenvalue weighted by Crippen LogP contribution is -2.51. The number of aromatic amines is 1. The molecule has 234 valence electrons. The smallest absolute Gasteiger partial charge is 0.449 e. The molecule has 2 aromatic carbocycles. The molecule has 0 aliphatic carbocycles. The van der Waals surface area contributed by atoms with Crippen LogP contribution in [0.1, 0.15) is 23.3 Å². The van der Waals surface area contributed by atoms with Gasteiger partial charge < -0.3 is 19.2 Å². The Labute approximate surface area is 260 Å². The number of carbonyl (C=O) groups excluding carboxylic acids is 1. The molecule has 14 heteroatoms. The van der Waals surface area contributed by atoms with Gasteiger partial charge in [-0.15, -0.1) is 0 Å². The number of piperazine rings is 1. The van der Waals surface area contributed by atoms with Crippen molar-refractivity contribution in [2.75, 3.05) is 26.7 Å². The van der Waals surface area contributed by atoms with E-state index in [2.05, 4.69) is 34.8 Å². The van der Waals surface area contributed by atoms with Gasteiger partial charge in [0.05, 0.1) is 41.1 Å². The van der Waals surface area contributed by atoms with Crippen LogP contribution in [0.3, 0.4) is 0 Å². The van der Waals surface area contributed by atoms with Gasteiger partial charge in [0.1, 0.15) is 24.7 Å². The van der Waals surface area contributed by atoms with Gasteiger partial charge in [-0.3, -0.25) is 9.69 Å². The van der Waals surface area contributed by atoms with E-state index in [0.717, 1.165) is 21.0 Å². The summed E-state index contributed by atoms with van der Waals surface area (Å²) in [5.41, 5.74) is 3.39. The molecule has 1 atom stereocenters. The second-order valence-electron chi connectivity index (χ2n) is 11.0. The van der Waals surface area contributed by atoms with Crippen molar-refractivity contribution in [1.29, 1.82) is 0 Å². The first kappa shape index (κ1) is 29.3. The molecule has 1 amide bonds. The molecule has 0 spiro atoms. The van der Waals surface area contributed by atoms with Crippen LogP contribution in [0.2, 0.25) is 0 Å². The number of halogens is 3. The summed E-state index contributed by atoms with van der Waals surface area (Å²) in [6.07, 6.45) is 1.83. The van der Waals surface area contributed by atoms with E-state index in [1.165, 1.54) is 18.5 Å². The zero-order valence-electron chi connectivity index (χ0n) is 24.6. The molecule has 46 heavy (non-hydrogen) atoms. The molecule has 5 heterocycles. The lowest BCUT2D eigenvalue weighted by atomic mass is 10.1. The zero-order valence-corrected chi connectivity index (χ0v) is 24.6. The summed E-state index contributed by atoms with van der Waals surface area (Å²) in [7, 11) is 1.54. The molecular weight excluding hydrogens is 599 g/mol. The summed E-state index contributed by atoms with van der Waals surface area (Å²) in [5.74, 6) is -0.705. The molecule has 7 rings (SSSR count). The summed E-state index contributed by atoms with van der Waals surface area (Å²) >= 11 is 0. The number of benzene rings is 2. The van der Waals surface area contributed by atoms with Crippen molar-refractivity contribution in [2.45, 2.75) is 25.3 Å². The van der Waals surface area contributed by atoms with E-state index in [9.17, 15) is 18.0 Å². The fraction of sp³-hybridized carbons (Fsp3) is 0.250. The lowest BCUT2D eigenvalue weighted by Gasteiger charge is -2.40. The number of ether oxygens (including phenoxy) is 1. The first-order valence-electron chi connectivity index (χ1n) is 14.6. The van der Waals surface area contributed by atoms with E-state index >= 15 is 0 Å². The monoisotopic (exact) mass is 627 g/mol. The van der Waals surface area contributed by atoms with Gasteiger partial charge in [0.25, 0.3) is 0 Å². The number of nitrogens with one attached hydrogen (secondary N) is 1. The first-order valence-corrected chi connectivity index (χ1v) is 14.6. The number of fused-ring (bicyclic) bond motifs is 2. The number of hydrogen-bond acceptors (Lipinski definition) is 8. The molecule has 1 unspecified atom stereocenters. The quantitative estimate of drug-likeness (QED) is 0.266. The fourth-order valence-corrected chi connectivity index (χ4v) is 5.95. The topological polar surface area (TPSA) is 118 Å². The van der Waals surface area contributed by atoms with Crippen LogP contribution in [0.25, 0.3) is 33.2 Å². The fourth-order valence-electron chi connectivity index (χ4n) is 5.95. The third kappa shape index (κ3) is 5.62. The standard InChI is InChI=1S/C32H28F3N9O2/c1-46-30-22(12-21-6-2-3-7-23(21)40-30)25-15-38-29(39-25)27-17-42(16-20-13-36-19-37-14-20)10-11-43(27)28(45)18-44-26-9-5-4-8-24(26)41-31(44)32(33,34)35/h2-9,12-15,19,27H,10-11,16-18H2,1H3,(H,38,39). The third-order valence-corrected chi connectivity index (χ3v) is 8.09. The SMILES string of the molecule is COc1nc2ccccc2cc1-c1cnc(C2CN(Cc3cncnc3)CCN2C(=O)Cn2c(C(F)(F)F)nc3ccccc32)[nH]1. The molecule has 1 fully saturated rings. The first-order chi connectivity index (χ1) is 22.3. The summed E-state index contributed by atoms with van der Waals surface area (Å²) < 4.78 is 48.7. The number of H-pyrrole nitrogens is 1. The predicted octanol–water partition coefficient (Wildman–Crippen LogP) is 4.88. The summed E-state index contributed by atoms with van der Waals surface area (Å²) in [6.45, 7) is 1.12. The second-order valence-corrected chi connectivity index (χ2v) is 11.0. The minimum atomic E-state index is -4.74. The van der Waals surface area contributed by atoms with E-state index in [1.54, 1.807) is 42.7 Å². The van der Waals surface area contributed by atoms with Crippen LogP contribution in [0.5, 0.6) is 5.88 Å². The Kier molecular flexibility index (Phi) is 7.56. The predicted molar refractivity (Wildman–Crippen MR) is 162 cm³/mol. The minimum absolute atomic E-state index is 0.169. The van der Waals surface area contributed by atoms with Crippen molar-refractivity contribution < 1.29 is 22.7 Å². The third-order valence-electron chi connectivity index (χ3n) is 8.09. The van der Waals surface area contributed by atoms with Crippen molar-refractivity contribution >= 4 is 27.8 Å². The zero-order chi connectivity index (χ0) is 31.8. The van der Waals surface area contributed by atoms with E-state index in [4.69, 9.17) is 4.74 Å². The van der Waals surface area contributed by atoms with Gasteiger partial charge in [-0.2, -0.15) is 13.2 Å². The highest BCUT2D eigenvalue weighted by atomic mass is 19.4. The lowest BCUT2D eigenvalue weighted by molar-refractivity contribution is -0.148. The van der Waals surface area contributed by atoms with Gasteiger partial charge in [0.2, 0.25) is 17.6 Å². The van der Waals surface area contributed by atoms with Gasteiger partial charge in [-0.25, -0.2) is 24.9 Å². The summed E-state index contributed by atoms with van der Waals surface area (Å²) in [5, 5.41) is 0.910. The average molecular weight is 628 g/mol. The summed E-state index contributed by atoms with van der Waals surface area (Å²) in [6, 6.07) is 15.3. The Morgan fingerprint density at radius 3 is 2.54 bits per heavy atom. The number of imidazole rings is 2. The van der Waals surface area contributed by atoms with Crippen molar-refractivity contribution in [3.05, 3.63) is 96.7 Å². The van der Waals surface area contributed by atoms with Crippen molar-refractivity contribution in [3.63, 3.8) is 0 Å². The number of carbonyl (C=O) groups is 1. The van der Waals surface area contributed by atoms with E-state index < -0.39 is 30.5 Å². The molecule has 4 aromatic heterocycles. The number of aromatic nitrogens is 7. The summed E-state index contributed by atoms with van der Waals surface area (Å²) in [4.78, 5) is 42.4. The number of para-hydroxylation sites is 3. The highest BCUT2D eigenvalue weighted by Crippen LogP contribution is 2.34. The van der Waals surface area contributed by atoms with Gasteiger partial charge in [-0.1, -0.05) is 30.3 Å². The average Bonchev–Trinajstić information content (AvgIpc) is 3.70. The van der Waals surface area contributed by atoms with Crippen LogP contribution in [0.15, 0.2) is 79.5 Å². The van der Waals surface area contributed by atoms with E-state index in [1.807, 2.05) is 30.3 Å². The maximum Gasteiger partial charge on any atom is 0.449 e. The van der Waals surface area contributed by atoms with Crippen LogP contribution < -0.4 is 4.74 Å². The highest BCUT2D eigenvalue weighted by molar-refractivity contribution is 5.85. The number of amides is 1. The molecule has 1 saturated heterocycles. The maximum absolute atomic E-state index is 14.0. The molecule has 0 radical (unpaired) electrons. The van der Waals surface area contributed by atoms with Gasteiger partial charge in [0, 0.05) is 49.5 Å². The minimum Gasteiger partial charge on any atom is -0.480 e. The second kappa shape index (κ2) is 11.9. The Morgan fingerprint density at radius 2 is 1.76 bits per heavy atom. The largest absolute Gasteiger partial charge is 0.480 e. The van der Waals surface area contributed by atoms with Crippen molar-refractivity contribution in [3.8, 4) is 17.1 Å². The highest BCUT2D eigenvalue weighted by Gasteiger charge is 2.40. The van der Waals surface area contributed by atoms with Crippen LogP contribution in [0.4, 0.5) is 13.2 Å². The molecule has 1 aliphatic heterocycles. The van der Waals surface area contributed by atoms with E-state index in [-0.39, 0.29) is 17.6 Å². The number of hydrogen-bond donors (Lipinski definition) is 1. The van der Waals surface area contributed by atoms with Crippen LogP contribution in [0, 0.1) is 0 Å². The molecular formula is C32H28F3N9O2. The van der Waals surface area contributed by atoms with Crippen LogP contribution in [-0.4, -0.2) is 76.9 Å². The Morgan fingerprint density at radius 1 is 1.00 bits per heavy atom. The molecule has 0 saturated carbocycles. The number of nitrogens with zero attached hydrogens (tertiary/aromatic N) is 8. The van der Waals surface area contributed by atoms with E-state index in [0.29, 0.717) is 42.6 Å². The normalized spacial score (nSPS) is 15.9. The molecule has 1 aliphatic rings. The van der Waals surface area contributed by atoms with Gasteiger partial charge >= 0.3 is 6.18 Å². The molecule has 11 nitrogen and oxygen atoms in total. The Balaban J connectivity index is 1.24. The Hall–Kier alpha value is -5.37. The van der Waals surface area contributed by atoms with Crippen LogP contribution >= 0.6 is 0 Å². The number of pyridine rings is 1. The van der Waals surface area contributed by atoms with Gasteiger partial charge in [0.15, 0.2) is 0 Å². The maximum atomic E-state index is 14.0. The number of methoxy groups -OCH3 is 1. The Bertz CT molecular complexity index is 2030. The molecule has 1 N–H and O–H groups in total. The molecule has 0 bridgehead atoms. The van der Waals surface area contributed by atoms with Crippen LogP contribution in [-0.2, 0) is 24.1 Å².